The Bertz CT molecular complexity index is 173. The van der Waals surface area contributed by atoms with E-state index in [1.54, 1.807) is 6.08 Å². The van der Waals surface area contributed by atoms with E-state index in [0.29, 0.717) is 25.7 Å². The van der Waals surface area contributed by atoms with E-state index in [0.717, 1.165) is 0 Å². The van der Waals surface area contributed by atoms with E-state index in [1.165, 1.54) is 0 Å². The first-order valence-electron chi connectivity index (χ1n) is 4.01. The Balaban J connectivity index is 3.31. The van der Waals surface area contributed by atoms with Gasteiger partial charge in [0.05, 0.1) is 0 Å². The molecule has 68 valence electrons. The monoisotopic (exact) mass is 170 g/mol. The smallest absolute Gasteiger partial charge is 0.303 e. The number of carbonyl (C=O) groups is 2. The molecule has 0 aliphatic rings. The molecular formula is C9H14O3. The molecule has 3 nitrogen and oxygen atoms in total. The van der Waals surface area contributed by atoms with Crippen LogP contribution in [0.15, 0.2) is 12.7 Å². The van der Waals surface area contributed by atoms with Gasteiger partial charge in [-0.15, -0.1) is 6.58 Å². The standard InChI is InChI=1S/C9H14O3/c1-2-3-5-8(10)6-4-7-9(11)12/h2H,1,3-7H2,(H,11,12). The van der Waals surface area contributed by atoms with Gasteiger partial charge in [-0.1, -0.05) is 6.08 Å². The van der Waals surface area contributed by atoms with Gasteiger partial charge in [-0.2, -0.15) is 0 Å². The predicted octanol–water partition coefficient (Wildman–Crippen LogP) is 1.78. The number of allylic oxidation sites excluding steroid dienone is 1. The molecule has 0 heterocycles. The Morgan fingerprint density at radius 2 is 1.92 bits per heavy atom. The van der Waals surface area contributed by atoms with Crippen molar-refractivity contribution in [3.8, 4) is 0 Å². The summed E-state index contributed by atoms with van der Waals surface area (Å²) in [7, 11) is 0. The maximum absolute atomic E-state index is 10.9. The Hall–Kier alpha value is -1.12. The van der Waals surface area contributed by atoms with Crippen LogP contribution in [0, 0.1) is 0 Å². The van der Waals surface area contributed by atoms with Gasteiger partial charge < -0.3 is 5.11 Å². The number of aliphatic carboxylic acids is 1. The number of Topliss-reactive ketones (excluding diaryl/α,β-unsaturated/α-hetero) is 1. The van der Waals surface area contributed by atoms with Crippen LogP contribution < -0.4 is 0 Å². The lowest BCUT2D eigenvalue weighted by molar-refractivity contribution is -0.137. The van der Waals surface area contributed by atoms with Crippen molar-refractivity contribution >= 4 is 11.8 Å². The van der Waals surface area contributed by atoms with Gasteiger partial charge in [0.1, 0.15) is 5.78 Å². The van der Waals surface area contributed by atoms with E-state index in [2.05, 4.69) is 6.58 Å². The molecule has 1 N–H and O–H groups in total. The summed E-state index contributed by atoms with van der Waals surface area (Å²) in [6.45, 7) is 3.49. The van der Waals surface area contributed by atoms with Crippen molar-refractivity contribution in [1.29, 1.82) is 0 Å². The van der Waals surface area contributed by atoms with E-state index in [9.17, 15) is 9.59 Å². The van der Waals surface area contributed by atoms with E-state index in [-0.39, 0.29) is 12.2 Å². The molecule has 0 saturated carbocycles. The van der Waals surface area contributed by atoms with Gasteiger partial charge in [-0.3, -0.25) is 9.59 Å². The summed E-state index contributed by atoms with van der Waals surface area (Å²) in [6, 6.07) is 0. The Morgan fingerprint density at radius 3 is 2.42 bits per heavy atom. The molecule has 0 spiro atoms. The second-order valence-electron chi connectivity index (χ2n) is 2.61. The molecule has 0 aromatic heterocycles. The molecule has 0 aromatic carbocycles. The molecule has 0 aliphatic carbocycles. The van der Waals surface area contributed by atoms with Crippen LogP contribution in [0.2, 0.25) is 0 Å². The second kappa shape index (κ2) is 6.58. The topological polar surface area (TPSA) is 54.4 Å². The van der Waals surface area contributed by atoms with Crippen molar-refractivity contribution < 1.29 is 14.7 Å². The first-order valence-corrected chi connectivity index (χ1v) is 4.01. The van der Waals surface area contributed by atoms with Crippen molar-refractivity contribution in [3.05, 3.63) is 12.7 Å². The third-order valence-corrected chi connectivity index (χ3v) is 1.47. The van der Waals surface area contributed by atoms with Crippen molar-refractivity contribution in [2.75, 3.05) is 0 Å². The van der Waals surface area contributed by atoms with Gasteiger partial charge in [0.2, 0.25) is 0 Å². The molecule has 0 atom stereocenters. The molecule has 0 radical (unpaired) electrons. The molecule has 0 amide bonds. The normalized spacial score (nSPS) is 9.33. The van der Waals surface area contributed by atoms with Gasteiger partial charge in [0, 0.05) is 19.3 Å². The first-order chi connectivity index (χ1) is 5.66. The fraction of sp³-hybridized carbons (Fsp3) is 0.556. The molecule has 3 heteroatoms. The average molecular weight is 170 g/mol. The summed E-state index contributed by atoms with van der Waals surface area (Å²) in [5.41, 5.74) is 0. The molecule has 0 bridgehead atoms. The third-order valence-electron chi connectivity index (χ3n) is 1.47. The molecule has 0 unspecified atom stereocenters. The maximum Gasteiger partial charge on any atom is 0.303 e. The summed E-state index contributed by atoms with van der Waals surface area (Å²) < 4.78 is 0. The average Bonchev–Trinajstić information content (AvgIpc) is 2.00. The Morgan fingerprint density at radius 1 is 1.25 bits per heavy atom. The van der Waals surface area contributed by atoms with Crippen LogP contribution in [0.25, 0.3) is 0 Å². The van der Waals surface area contributed by atoms with Crippen molar-refractivity contribution in [1.82, 2.24) is 0 Å². The molecule has 0 rings (SSSR count). The van der Waals surface area contributed by atoms with Crippen LogP contribution in [0.3, 0.4) is 0 Å². The van der Waals surface area contributed by atoms with Gasteiger partial charge in [0.15, 0.2) is 0 Å². The minimum absolute atomic E-state index is 0.0832. The van der Waals surface area contributed by atoms with Gasteiger partial charge >= 0.3 is 5.97 Å². The number of ketones is 1. The maximum atomic E-state index is 10.9. The Kier molecular flexibility index (Phi) is 5.97. The van der Waals surface area contributed by atoms with E-state index in [1.807, 2.05) is 0 Å². The van der Waals surface area contributed by atoms with E-state index < -0.39 is 5.97 Å². The number of carboxylic acids is 1. The number of carbonyl (C=O) groups excluding carboxylic acids is 1. The highest BCUT2D eigenvalue weighted by atomic mass is 16.4. The fourth-order valence-corrected chi connectivity index (χ4v) is 0.825. The summed E-state index contributed by atoms with van der Waals surface area (Å²) >= 11 is 0. The molecule has 0 aliphatic heterocycles. The van der Waals surface area contributed by atoms with E-state index >= 15 is 0 Å². The second-order valence-corrected chi connectivity index (χ2v) is 2.61. The minimum atomic E-state index is -0.841. The number of hydrogen-bond acceptors (Lipinski definition) is 2. The highest BCUT2D eigenvalue weighted by Gasteiger charge is 2.02. The predicted molar refractivity (Wildman–Crippen MR) is 45.9 cm³/mol. The first kappa shape index (κ1) is 10.9. The van der Waals surface area contributed by atoms with Crippen molar-refractivity contribution in [2.45, 2.75) is 32.1 Å². The number of rotatable bonds is 7. The number of carboxylic acid groups (broad SMARTS) is 1. The van der Waals surface area contributed by atoms with Crippen LogP contribution in [0.1, 0.15) is 32.1 Å². The largest absolute Gasteiger partial charge is 0.481 e. The number of hydrogen-bond donors (Lipinski definition) is 1. The van der Waals surface area contributed by atoms with Gasteiger partial charge in [-0.25, -0.2) is 0 Å². The Labute approximate surface area is 72.1 Å². The van der Waals surface area contributed by atoms with Crippen LogP contribution in [-0.4, -0.2) is 16.9 Å². The molecular weight excluding hydrogens is 156 g/mol. The lowest BCUT2D eigenvalue weighted by atomic mass is 10.1. The van der Waals surface area contributed by atoms with Gasteiger partial charge in [0.25, 0.3) is 0 Å². The third kappa shape index (κ3) is 6.99. The van der Waals surface area contributed by atoms with Crippen LogP contribution >= 0.6 is 0 Å². The molecule has 0 fully saturated rings. The molecule has 0 saturated heterocycles. The minimum Gasteiger partial charge on any atom is -0.481 e. The quantitative estimate of drug-likeness (QED) is 0.592. The fourth-order valence-electron chi connectivity index (χ4n) is 0.825. The zero-order valence-electron chi connectivity index (χ0n) is 7.08. The highest BCUT2D eigenvalue weighted by molar-refractivity contribution is 5.79. The van der Waals surface area contributed by atoms with Crippen molar-refractivity contribution in [3.63, 3.8) is 0 Å². The highest BCUT2D eigenvalue weighted by Crippen LogP contribution is 2.01. The molecule has 0 aromatic rings. The lowest BCUT2D eigenvalue weighted by Crippen LogP contribution is -2.00. The zero-order valence-corrected chi connectivity index (χ0v) is 7.08. The van der Waals surface area contributed by atoms with Crippen LogP contribution in [-0.2, 0) is 9.59 Å². The van der Waals surface area contributed by atoms with Crippen LogP contribution in [0.4, 0.5) is 0 Å². The molecule has 12 heavy (non-hydrogen) atoms. The van der Waals surface area contributed by atoms with Crippen molar-refractivity contribution in [2.24, 2.45) is 0 Å². The summed E-state index contributed by atoms with van der Waals surface area (Å²) in [6.07, 6.45) is 3.77. The summed E-state index contributed by atoms with van der Waals surface area (Å²) in [5, 5.41) is 8.27. The summed E-state index contributed by atoms with van der Waals surface area (Å²) in [5.74, 6) is -0.720. The SMILES string of the molecule is C=CCCC(=O)CCCC(=O)O. The van der Waals surface area contributed by atoms with Gasteiger partial charge in [-0.05, 0) is 12.8 Å². The zero-order chi connectivity index (χ0) is 9.40. The van der Waals surface area contributed by atoms with Crippen LogP contribution in [0.5, 0.6) is 0 Å². The summed E-state index contributed by atoms with van der Waals surface area (Å²) in [4.78, 5) is 21.0. The lowest BCUT2D eigenvalue weighted by Gasteiger charge is -1.95. The van der Waals surface area contributed by atoms with E-state index in [4.69, 9.17) is 5.11 Å².